The molecule has 0 bridgehead atoms. The summed E-state index contributed by atoms with van der Waals surface area (Å²) in [7, 11) is 0. The Labute approximate surface area is 220 Å². The number of nitrogens with one attached hydrogen (secondary N) is 1. The normalized spacial score (nSPS) is 22.1. The monoisotopic (exact) mass is 524 g/mol. The van der Waals surface area contributed by atoms with Gasteiger partial charge in [0.2, 0.25) is 0 Å². The fourth-order valence-corrected chi connectivity index (χ4v) is 5.80. The quantitative estimate of drug-likeness (QED) is 0.347. The van der Waals surface area contributed by atoms with Gasteiger partial charge in [0, 0.05) is 30.4 Å². The molecule has 200 valence electrons. The van der Waals surface area contributed by atoms with Gasteiger partial charge in [-0.1, -0.05) is 12.8 Å². The average molecular weight is 525 g/mol. The highest BCUT2D eigenvalue weighted by molar-refractivity contribution is 5.58. The summed E-state index contributed by atoms with van der Waals surface area (Å²) in [6.45, 7) is 2.06. The zero-order chi connectivity index (χ0) is 26.5. The first kappa shape index (κ1) is 26.0. The lowest BCUT2D eigenvalue weighted by atomic mass is 9.77. The summed E-state index contributed by atoms with van der Waals surface area (Å²) in [5.74, 6) is 1.33. The van der Waals surface area contributed by atoms with E-state index in [4.69, 9.17) is 9.68 Å². The van der Waals surface area contributed by atoms with Gasteiger partial charge in [0.25, 0.3) is 6.01 Å². The Morgan fingerprint density at radius 2 is 1.79 bits per heavy atom. The molecule has 0 unspecified atom stereocenters. The smallest absolute Gasteiger partial charge is 0.424 e. The summed E-state index contributed by atoms with van der Waals surface area (Å²) in [4.78, 5) is 6.83. The van der Waals surface area contributed by atoms with E-state index >= 15 is 0 Å². The van der Waals surface area contributed by atoms with Gasteiger partial charge < -0.3 is 19.4 Å². The molecule has 2 aromatic carbocycles. The second kappa shape index (κ2) is 11.4. The molecule has 9 heteroatoms. The SMILES string of the molecule is N#Cc1ccc(N2CCC[C@H](C[C@@H]3CCCC[C@H]3Nc3ncc(-c4ccc(OC(F)(F)F)cc4)o3)C2)cc1. The average Bonchev–Trinajstić information content (AvgIpc) is 3.38. The van der Waals surface area contributed by atoms with Crippen LogP contribution in [0, 0.1) is 23.2 Å². The Bertz CT molecular complexity index is 1230. The standard InChI is InChI=1S/C29H31F3N4O2/c30-29(31,32)38-25-13-9-22(10-14-25)27-18-34-28(37-27)35-26-6-2-1-5-23(26)16-21-4-3-15-36(19-21)24-11-7-20(17-33)8-12-24/h7-14,18,21,23,26H,1-6,15-16,19H2,(H,34,35)/t21-,23+,26-/m1/s1. The molecular formula is C29H31F3N4O2. The number of nitrogens with zero attached hydrogens (tertiary/aromatic N) is 3. The van der Waals surface area contributed by atoms with E-state index < -0.39 is 6.36 Å². The van der Waals surface area contributed by atoms with Crippen molar-refractivity contribution in [3.05, 3.63) is 60.3 Å². The number of anilines is 2. The lowest BCUT2D eigenvalue weighted by molar-refractivity contribution is -0.274. The molecular weight excluding hydrogens is 493 g/mol. The number of nitriles is 1. The van der Waals surface area contributed by atoms with Gasteiger partial charge in [-0.25, -0.2) is 4.98 Å². The Morgan fingerprint density at radius 1 is 1.03 bits per heavy atom. The van der Waals surface area contributed by atoms with Crippen molar-refractivity contribution in [3.63, 3.8) is 0 Å². The number of rotatable bonds is 7. The van der Waals surface area contributed by atoms with Gasteiger partial charge in [-0.15, -0.1) is 13.2 Å². The number of halogens is 3. The van der Waals surface area contributed by atoms with Crippen molar-refractivity contribution in [1.29, 1.82) is 5.26 Å². The van der Waals surface area contributed by atoms with Crippen molar-refractivity contribution in [2.45, 2.75) is 57.3 Å². The van der Waals surface area contributed by atoms with Gasteiger partial charge in [0.15, 0.2) is 5.76 Å². The van der Waals surface area contributed by atoms with Crippen LogP contribution < -0.4 is 15.0 Å². The van der Waals surface area contributed by atoms with Crippen LogP contribution in [0.2, 0.25) is 0 Å². The van der Waals surface area contributed by atoms with Crippen molar-refractivity contribution in [1.82, 2.24) is 4.98 Å². The maximum absolute atomic E-state index is 12.4. The number of alkyl halides is 3. The third-order valence-electron chi connectivity index (χ3n) is 7.61. The number of benzene rings is 2. The lowest BCUT2D eigenvalue weighted by Crippen LogP contribution is -2.39. The van der Waals surface area contributed by atoms with Crippen LogP contribution in [0.4, 0.5) is 24.9 Å². The van der Waals surface area contributed by atoms with E-state index in [1.54, 1.807) is 6.20 Å². The lowest BCUT2D eigenvalue weighted by Gasteiger charge is -2.39. The van der Waals surface area contributed by atoms with Gasteiger partial charge in [-0.3, -0.25) is 0 Å². The molecule has 3 aromatic rings. The second-order valence-electron chi connectivity index (χ2n) is 10.2. The first-order valence-electron chi connectivity index (χ1n) is 13.2. The predicted molar refractivity (Wildman–Crippen MR) is 139 cm³/mol. The summed E-state index contributed by atoms with van der Waals surface area (Å²) in [5, 5.41) is 12.6. The van der Waals surface area contributed by atoms with Crippen molar-refractivity contribution < 1.29 is 22.3 Å². The Hall–Kier alpha value is -3.67. The van der Waals surface area contributed by atoms with Gasteiger partial charge in [-0.05, 0) is 92.5 Å². The summed E-state index contributed by atoms with van der Waals surface area (Å²) in [6.07, 6.45) is 4.98. The van der Waals surface area contributed by atoms with Crippen LogP contribution >= 0.6 is 0 Å². The number of piperidine rings is 1. The highest BCUT2D eigenvalue weighted by Gasteiger charge is 2.32. The largest absolute Gasteiger partial charge is 0.573 e. The molecule has 2 heterocycles. The van der Waals surface area contributed by atoms with E-state index in [1.807, 2.05) is 24.3 Å². The number of aromatic nitrogens is 1. The minimum absolute atomic E-state index is 0.267. The van der Waals surface area contributed by atoms with Crippen LogP contribution in [-0.4, -0.2) is 30.5 Å². The number of hydrogen-bond donors (Lipinski definition) is 1. The Kier molecular flexibility index (Phi) is 7.77. The molecule has 1 N–H and O–H groups in total. The number of hydrogen-bond acceptors (Lipinski definition) is 6. The van der Waals surface area contributed by atoms with Crippen LogP contribution in [-0.2, 0) is 0 Å². The van der Waals surface area contributed by atoms with E-state index in [0.29, 0.717) is 34.7 Å². The van der Waals surface area contributed by atoms with Gasteiger partial charge in [-0.2, -0.15) is 5.26 Å². The molecule has 0 radical (unpaired) electrons. The number of ether oxygens (including phenoxy) is 1. The molecule has 2 fully saturated rings. The van der Waals surface area contributed by atoms with E-state index in [2.05, 4.69) is 26.0 Å². The van der Waals surface area contributed by atoms with Gasteiger partial charge >= 0.3 is 6.36 Å². The van der Waals surface area contributed by atoms with Crippen LogP contribution in [0.3, 0.4) is 0 Å². The van der Waals surface area contributed by atoms with E-state index in [1.165, 1.54) is 49.2 Å². The fourth-order valence-electron chi connectivity index (χ4n) is 5.80. The van der Waals surface area contributed by atoms with E-state index in [9.17, 15) is 13.2 Å². The molecule has 38 heavy (non-hydrogen) atoms. The summed E-state index contributed by atoms with van der Waals surface area (Å²) >= 11 is 0. The van der Waals surface area contributed by atoms with Crippen LogP contribution in [0.5, 0.6) is 5.75 Å². The van der Waals surface area contributed by atoms with Crippen molar-refractivity contribution >= 4 is 11.7 Å². The van der Waals surface area contributed by atoms with Crippen LogP contribution in [0.25, 0.3) is 11.3 Å². The fraction of sp³-hybridized carbons (Fsp3) is 0.448. The first-order chi connectivity index (χ1) is 18.4. The highest BCUT2D eigenvalue weighted by atomic mass is 19.4. The van der Waals surface area contributed by atoms with Crippen LogP contribution in [0.1, 0.15) is 50.5 Å². The van der Waals surface area contributed by atoms with E-state index in [0.717, 1.165) is 38.8 Å². The van der Waals surface area contributed by atoms with Crippen molar-refractivity contribution in [3.8, 4) is 23.1 Å². The second-order valence-corrected chi connectivity index (χ2v) is 10.2. The van der Waals surface area contributed by atoms with Crippen molar-refractivity contribution in [2.75, 3.05) is 23.3 Å². The molecule has 1 saturated heterocycles. The third-order valence-corrected chi connectivity index (χ3v) is 7.61. The molecule has 2 aliphatic rings. The molecule has 1 aromatic heterocycles. The topological polar surface area (TPSA) is 74.3 Å². The predicted octanol–water partition coefficient (Wildman–Crippen LogP) is 7.39. The Balaban J connectivity index is 1.19. The summed E-state index contributed by atoms with van der Waals surface area (Å²) in [5.41, 5.74) is 2.49. The Morgan fingerprint density at radius 3 is 2.53 bits per heavy atom. The maximum atomic E-state index is 12.4. The summed E-state index contributed by atoms with van der Waals surface area (Å²) < 4.78 is 47.1. The molecule has 0 spiro atoms. The van der Waals surface area contributed by atoms with Gasteiger partial charge in [0.05, 0.1) is 17.8 Å². The minimum Gasteiger partial charge on any atom is -0.424 e. The summed E-state index contributed by atoms with van der Waals surface area (Å²) in [6, 6.07) is 16.3. The first-order valence-corrected chi connectivity index (χ1v) is 13.2. The van der Waals surface area contributed by atoms with Gasteiger partial charge in [0.1, 0.15) is 5.75 Å². The zero-order valence-electron chi connectivity index (χ0n) is 21.1. The van der Waals surface area contributed by atoms with Crippen LogP contribution in [0.15, 0.2) is 59.1 Å². The van der Waals surface area contributed by atoms with Crippen molar-refractivity contribution in [2.24, 2.45) is 11.8 Å². The highest BCUT2D eigenvalue weighted by Crippen LogP contribution is 2.36. The molecule has 1 aliphatic heterocycles. The molecule has 5 rings (SSSR count). The van der Waals surface area contributed by atoms with E-state index in [-0.39, 0.29) is 11.8 Å². The third kappa shape index (κ3) is 6.60. The molecule has 1 aliphatic carbocycles. The molecule has 1 saturated carbocycles. The molecule has 6 nitrogen and oxygen atoms in total. The molecule has 3 atom stereocenters. The number of oxazole rings is 1. The maximum Gasteiger partial charge on any atom is 0.573 e. The zero-order valence-corrected chi connectivity index (χ0v) is 21.1. The minimum atomic E-state index is -4.72. The molecule has 0 amide bonds.